The number of ether oxygens (including phenoxy) is 1. The molecular weight excluding hydrogens is 239 g/mol. The second kappa shape index (κ2) is 4.58. The van der Waals surface area contributed by atoms with Crippen molar-refractivity contribution >= 4 is 15.9 Å². The van der Waals surface area contributed by atoms with Gasteiger partial charge in [0.2, 0.25) is 0 Å². The summed E-state index contributed by atoms with van der Waals surface area (Å²) in [5.74, 6) is 0.486. The Morgan fingerprint density at radius 2 is 2.31 bits per heavy atom. The molecule has 0 aromatic heterocycles. The SMILES string of the molecule is COc1cccc(Br)c1C(O)CF. The number of methoxy groups -OCH3 is 1. The molecule has 0 aliphatic heterocycles. The Bertz CT molecular complexity index is 291. The molecule has 1 aromatic rings. The minimum atomic E-state index is -1.13. The molecule has 0 aliphatic rings. The van der Waals surface area contributed by atoms with E-state index in [2.05, 4.69) is 15.9 Å². The fourth-order valence-corrected chi connectivity index (χ4v) is 1.71. The third-order valence-electron chi connectivity index (χ3n) is 1.71. The summed E-state index contributed by atoms with van der Waals surface area (Å²) in [6.45, 7) is -0.820. The van der Waals surface area contributed by atoms with Crippen molar-refractivity contribution in [3.63, 3.8) is 0 Å². The van der Waals surface area contributed by atoms with Gasteiger partial charge in [-0.25, -0.2) is 4.39 Å². The van der Waals surface area contributed by atoms with Gasteiger partial charge in [-0.15, -0.1) is 0 Å². The summed E-state index contributed by atoms with van der Waals surface area (Å²) < 4.78 is 17.9. The first kappa shape index (κ1) is 10.5. The smallest absolute Gasteiger partial charge is 0.125 e. The Morgan fingerprint density at radius 3 is 2.85 bits per heavy atom. The summed E-state index contributed by atoms with van der Waals surface area (Å²) >= 11 is 3.22. The molecule has 2 nitrogen and oxygen atoms in total. The van der Waals surface area contributed by atoms with Crippen LogP contribution in [0.2, 0.25) is 0 Å². The van der Waals surface area contributed by atoms with Crippen molar-refractivity contribution in [3.05, 3.63) is 28.2 Å². The van der Waals surface area contributed by atoms with E-state index in [4.69, 9.17) is 4.74 Å². The molecule has 0 heterocycles. The van der Waals surface area contributed by atoms with Crippen LogP contribution in [0.1, 0.15) is 11.7 Å². The lowest BCUT2D eigenvalue weighted by atomic mass is 10.1. The number of alkyl halides is 1. The molecule has 0 saturated heterocycles. The average molecular weight is 249 g/mol. The quantitative estimate of drug-likeness (QED) is 0.891. The van der Waals surface area contributed by atoms with Crippen LogP contribution in [0.25, 0.3) is 0 Å². The number of rotatable bonds is 3. The maximum Gasteiger partial charge on any atom is 0.125 e. The topological polar surface area (TPSA) is 29.5 Å². The minimum Gasteiger partial charge on any atom is -0.496 e. The highest BCUT2D eigenvalue weighted by Gasteiger charge is 2.15. The second-order valence-electron chi connectivity index (χ2n) is 2.53. The number of hydrogen-bond acceptors (Lipinski definition) is 2. The Kier molecular flexibility index (Phi) is 3.69. The zero-order chi connectivity index (χ0) is 9.84. The van der Waals surface area contributed by atoms with Crippen molar-refractivity contribution in [2.75, 3.05) is 13.8 Å². The summed E-state index contributed by atoms with van der Waals surface area (Å²) in [6.07, 6.45) is -1.13. The Hall–Kier alpha value is -0.610. The Balaban J connectivity index is 3.14. The van der Waals surface area contributed by atoms with E-state index >= 15 is 0 Å². The number of benzene rings is 1. The zero-order valence-electron chi connectivity index (χ0n) is 7.13. The summed E-state index contributed by atoms with van der Waals surface area (Å²) in [7, 11) is 1.48. The highest BCUT2D eigenvalue weighted by Crippen LogP contribution is 2.32. The molecule has 0 aliphatic carbocycles. The molecule has 4 heteroatoms. The third-order valence-corrected chi connectivity index (χ3v) is 2.40. The van der Waals surface area contributed by atoms with Crippen molar-refractivity contribution in [3.8, 4) is 5.75 Å². The molecule has 0 bridgehead atoms. The van der Waals surface area contributed by atoms with Gasteiger partial charge in [-0.3, -0.25) is 0 Å². The van der Waals surface area contributed by atoms with E-state index < -0.39 is 12.8 Å². The Labute approximate surface area is 84.5 Å². The molecule has 72 valence electrons. The van der Waals surface area contributed by atoms with Gasteiger partial charge in [-0.05, 0) is 12.1 Å². The summed E-state index contributed by atoms with van der Waals surface area (Å²) in [4.78, 5) is 0. The summed E-state index contributed by atoms with van der Waals surface area (Å²) in [6, 6.07) is 5.17. The van der Waals surface area contributed by atoms with E-state index in [1.165, 1.54) is 7.11 Å². The van der Waals surface area contributed by atoms with Gasteiger partial charge >= 0.3 is 0 Å². The van der Waals surface area contributed by atoms with Crippen LogP contribution in [0.3, 0.4) is 0 Å². The van der Waals surface area contributed by atoms with E-state index in [-0.39, 0.29) is 0 Å². The van der Waals surface area contributed by atoms with Crippen molar-refractivity contribution in [1.82, 2.24) is 0 Å². The van der Waals surface area contributed by atoms with Gasteiger partial charge in [-0.2, -0.15) is 0 Å². The van der Waals surface area contributed by atoms with Crippen molar-refractivity contribution < 1.29 is 14.2 Å². The van der Waals surface area contributed by atoms with E-state index in [0.717, 1.165) is 0 Å². The molecule has 0 saturated carbocycles. The maximum atomic E-state index is 12.2. The third kappa shape index (κ3) is 2.19. The van der Waals surface area contributed by atoms with Crippen LogP contribution in [0, 0.1) is 0 Å². The molecule has 0 radical (unpaired) electrons. The van der Waals surface area contributed by atoms with Crippen molar-refractivity contribution in [2.45, 2.75) is 6.10 Å². The lowest BCUT2D eigenvalue weighted by Crippen LogP contribution is -2.03. The van der Waals surface area contributed by atoms with Crippen LogP contribution in [0.5, 0.6) is 5.75 Å². The lowest BCUT2D eigenvalue weighted by molar-refractivity contribution is 0.137. The first-order valence-electron chi connectivity index (χ1n) is 3.77. The monoisotopic (exact) mass is 248 g/mol. The zero-order valence-corrected chi connectivity index (χ0v) is 8.71. The summed E-state index contributed by atoms with van der Waals surface area (Å²) in [5.41, 5.74) is 0.451. The lowest BCUT2D eigenvalue weighted by Gasteiger charge is -2.13. The minimum absolute atomic E-state index is 0.451. The molecule has 1 atom stereocenters. The fourth-order valence-electron chi connectivity index (χ4n) is 1.10. The molecule has 13 heavy (non-hydrogen) atoms. The van der Waals surface area contributed by atoms with E-state index in [1.807, 2.05) is 0 Å². The number of hydrogen-bond donors (Lipinski definition) is 1. The molecule has 1 N–H and O–H groups in total. The predicted molar refractivity (Wildman–Crippen MR) is 51.6 cm³/mol. The van der Waals surface area contributed by atoms with Crippen molar-refractivity contribution in [1.29, 1.82) is 0 Å². The standard InChI is InChI=1S/C9H10BrFO2/c1-13-8-4-2-3-6(10)9(8)7(12)5-11/h2-4,7,12H,5H2,1H3. The average Bonchev–Trinajstić information content (AvgIpc) is 2.16. The van der Waals surface area contributed by atoms with Crippen LogP contribution >= 0.6 is 15.9 Å². The van der Waals surface area contributed by atoms with Gasteiger partial charge in [0.1, 0.15) is 18.5 Å². The molecule has 1 rings (SSSR count). The predicted octanol–water partition coefficient (Wildman–Crippen LogP) is 2.46. The molecule has 1 unspecified atom stereocenters. The van der Waals surface area contributed by atoms with Crippen LogP contribution in [0.4, 0.5) is 4.39 Å². The number of halogens is 2. The molecule has 1 aromatic carbocycles. The Morgan fingerprint density at radius 1 is 1.62 bits per heavy atom. The molecule has 0 amide bonds. The van der Waals surface area contributed by atoms with Crippen molar-refractivity contribution in [2.24, 2.45) is 0 Å². The molecule has 0 spiro atoms. The normalized spacial score (nSPS) is 12.6. The van der Waals surface area contributed by atoms with Gasteiger partial charge < -0.3 is 9.84 Å². The van der Waals surface area contributed by atoms with Crippen LogP contribution < -0.4 is 4.74 Å². The first-order chi connectivity index (χ1) is 6.20. The van der Waals surface area contributed by atoms with Gasteiger partial charge in [0, 0.05) is 10.0 Å². The van der Waals surface area contributed by atoms with E-state index in [0.29, 0.717) is 15.8 Å². The molecule has 0 fully saturated rings. The molecular formula is C9H10BrFO2. The van der Waals surface area contributed by atoms with Gasteiger partial charge in [-0.1, -0.05) is 22.0 Å². The summed E-state index contributed by atoms with van der Waals surface area (Å²) in [5, 5.41) is 9.34. The van der Waals surface area contributed by atoms with Gasteiger partial charge in [0.15, 0.2) is 0 Å². The highest BCUT2D eigenvalue weighted by atomic mass is 79.9. The number of aliphatic hydroxyl groups excluding tert-OH is 1. The van der Waals surface area contributed by atoms with E-state index in [9.17, 15) is 9.50 Å². The van der Waals surface area contributed by atoms with Crippen LogP contribution in [-0.4, -0.2) is 18.9 Å². The van der Waals surface area contributed by atoms with Crippen LogP contribution in [-0.2, 0) is 0 Å². The first-order valence-corrected chi connectivity index (χ1v) is 4.56. The largest absolute Gasteiger partial charge is 0.496 e. The maximum absolute atomic E-state index is 12.2. The van der Waals surface area contributed by atoms with Gasteiger partial charge in [0.05, 0.1) is 7.11 Å². The number of aliphatic hydroxyl groups is 1. The second-order valence-corrected chi connectivity index (χ2v) is 3.38. The fraction of sp³-hybridized carbons (Fsp3) is 0.333. The highest BCUT2D eigenvalue weighted by molar-refractivity contribution is 9.10. The van der Waals surface area contributed by atoms with E-state index in [1.54, 1.807) is 18.2 Å². The van der Waals surface area contributed by atoms with Gasteiger partial charge in [0.25, 0.3) is 0 Å². The van der Waals surface area contributed by atoms with Crippen LogP contribution in [0.15, 0.2) is 22.7 Å².